The van der Waals surface area contributed by atoms with Crippen LogP contribution in [0.5, 0.6) is 5.75 Å². The molecule has 1 aromatic heterocycles. The predicted molar refractivity (Wildman–Crippen MR) is 413 cm³/mol. The number of ether oxygens (including phenoxy) is 2. The van der Waals surface area contributed by atoms with E-state index in [0.717, 1.165) is 61.8 Å². The van der Waals surface area contributed by atoms with Crippen molar-refractivity contribution >= 4 is 17.3 Å². The lowest BCUT2D eigenvalue weighted by atomic mass is 9.34. The molecule has 2 bridgehead atoms. The second-order valence-corrected chi connectivity index (χ2v) is 34.1. The quantitative estimate of drug-likeness (QED) is 0.0350. The van der Waals surface area contributed by atoms with E-state index in [4.69, 9.17) is 9.47 Å². The maximum absolute atomic E-state index is 12.8. The third-order valence-corrected chi connectivity index (χ3v) is 27.3. The average molecular weight is 1310 g/mol. The minimum absolute atomic E-state index is 0.00211. The van der Waals surface area contributed by atoms with E-state index < -0.39 is 6.29 Å². The highest BCUT2D eigenvalue weighted by atomic mass is 32.1. The van der Waals surface area contributed by atoms with Gasteiger partial charge in [0.1, 0.15) is 5.75 Å². The van der Waals surface area contributed by atoms with Gasteiger partial charge in [-0.1, -0.05) is 266 Å². The molecule has 3 unspecified atom stereocenters. The SMILES string of the molecule is C=C(CC)C(=O)OC(CCCCCC)Oc1ccc(-c2ccc(-c3ccc4c(c3)C3(c5cc(-c6ccc(-c7ccc(-c8ccc(-c9ccc%10c(c9)C9(c%11cc(C)ccc%11-%10)C%10(C)CC(CCC)CC9(C)CC(C9CCCCC9)C%10)cc8)cc7)cc6)ccc5-4)C(C)(C)CCC3(C)C)s2)cc1. The molecule has 4 heteroatoms. The van der Waals surface area contributed by atoms with Crippen molar-refractivity contribution < 1.29 is 14.3 Å². The Morgan fingerprint density at radius 2 is 0.908 bits per heavy atom. The fraction of sp³-hybridized carbons (Fsp3) is 0.415. The predicted octanol–water partition coefficient (Wildman–Crippen LogP) is 26.8. The largest absolute Gasteiger partial charge is 0.455 e. The molecule has 1 heterocycles. The highest BCUT2D eigenvalue weighted by molar-refractivity contribution is 7.18. The van der Waals surface area contributed by atoms with Crippen molar-refractivity contribution in [2.24, 2.45) is 39.4 Å². The van der Waals surface area contributed by atoms with E-state index in [1.54, 1.807) is 11.1 Å². The summed E-state index contributed by atoms with van der Waals surface area (Å²) < 4.78 is 12.1. The van der Waals surface area contributed by atoms with Gasteiger partial charge in [-0.25, -0.2) is 4.79 Å². The van der Waals surface area contributed by atoms with E-state index in [9.17, 15) is 4.79 Å². The molecule has 9 aromatic rings. The molecule has 4 fully saturated rings. The minimum atomic E-state index is -0.649. The Morgan fingerprint density at radius 3 is 1.41 bits per heavy atom. The second kappa shape index (κ2) is 25.9. The average Bonchev–Trinajstić information content (AvgIpc) is 1.41. The van der Waals surface area contributed by atoms with Crippen LogP contribution in [0.25, 0.3) is 87.6 Å². The lowest BCUT2D eigenvalue weighted by molar-refractivity contribution is -0.159. The second-order valence-electron chi connectivity index (χ2n) is 33.0. The van der Waals surface area contributed by atoms with Crippen molar-refractivity contribution in [1.82, 2.24) is 0 Å². The third-order valence-electron chi connectivity index (χ3n) is 26.1. The smallest absolute Gasteiger partial charge is 0.336 e. The van der Waals surface area contributed by atoms with Crippen molar-refractivity contribution in [3.05, 3.63) is 222 Å². The van der Waals surface area contributed by atoms with E-state index in [-0.39, 0.29) is 38.5 Å². The van der Waals surface area contributed by atoms with Gasteiger partial charge in [-0.2, -0.15) is 0 Å². The van der Waals surface area contributed by atoms with Crippen LogP contribution >= 0.6 is 11.3 Å². The van der Waals surface area contributed by atoms with Crippen LogP contribution in [-0.2, 0) is 20.4 Å². The molecule has 8 aromatic carbocycles. The summed E-state index contributed by atoms with van der Waals surface area (Å²) in [6, 6.07) is 70.7. The molecule has 0 radical (unpaired) electrons. The standard InChI is InChI=1S/C94H104O3S/c1-12-15-16-20-24-87(97-88(95)62(5)14-3)96-76-43-38-71(39-44-76)85-49-50-86(98-85)74-42-48-79-78-46-40-72(54-82(78)93(83(79)56-74)89(6,7)51-52-90(93,8)9)69-34-30-67(31-35-69)65-26-28-66(29-27-65)68-32-36-70(37-33-68)73-41-47-80-77-45-25-61(4)53-81(77)94(84(80)55-73)91(10)57-63(21-13-2)58-92(94,11)60-75(59-91)64-22-18-17-19-23-64/h25-50,53-56,63-64,75,87H,5,12-24,51-52,57-60H2,1-4,6-11H3. The van der Waals surface area contributed by atoms with Gasteiger partial charge in [0.25, 0.3) is 0 Å². The molecule has 98 heavy (non-hydrogen) atoms. The first-order valence-corrected chi connectivity index (χ1v) is 38.8. The number of carbonyl (C=O) groups is 1. The van der Waals surface area contributed by atoms with Gasteiger partial charge in [0.2, 0.25) is 6.29 Å². The first kappa shape index (κ1) is 66.4. The highest BCUT2D eigenvalue weighted by Gasteiger charge is 2.70. The number of unbranched alkanes of at least 4 members (excludes halogenated alkanes) is 3. The number of thiophene rings is 1. The maximum Gasteiger partial charge on any atom is 0.336 e. The number of hydrogen-bond acceptors (Lipinski definition) is 4. The van der Waals surface area contributed by atoms with Crippen LogP contribution in [-0.4, -0.2) is 12.3 Å². The Balaban J connectivity index is 0.660. The molecule has 6 aliphatic carbocycles. The number of rotatable bonds is 19. The Morgan fingerprint density at radius 1 is 0.469 bits per heavy atom. The Kier molecular flexibility index (Phi) is 17.5. The highest BCUT2D eigenvalue weighted by Crippen LogP contribution is 2.77. The number of hydrogen-bond donors (Lipinski definition) is 0. The maximum atomic E-state index is 12.8. The summed E-state index contributed by atoms with van der Waals surface area (Å²) in [4.78, 5) is 15.2. The normalized spacial score (nSPS) is 23.2. The van der Waals surface area contributed by atoms with E-state index in [1.165, 1.54) is 169 Å². The number of aryl methyl sites for hydroxylation is 1. The molecule has 0 amide bonds. The van der Waals surface area contributed by atoms with Gasteiger partial charge in [0.05, 0.1) is 0 Å². The molecular formula is C94H104O3S. The number of benzene rings is 8. The van der Waals surface area contributed by atoms with Crippen LogP contribution in [0, 0.1) is 46.3 Å². The topological polar surface area (TPSA) is 35.5 Å². The van der Waals surface area contributed by atoms with Crippen molar-refractivity contribution in [1.29, 1.82) is 0 Å². The van der Waals surface area contributed by atoms with Gasteiger partial charge in [-0.3, -0.25) is 0 Å². The van der Waals surface area contributed by atoms with Crippen LogP contribution < -0.4 is 4.74 Å². The summed E-state index contributed by atoms with van der Waals surface area (Å²) in [7, 11) is 0. The summed E-state index contributed by atoms with van der Waals surface area (Å²) in [6.07, 6.45) is 22.4. The molecule has 6 aliphatic rings. The molecule has 4 saturated carbocycles. The van der Waals surface area contributed by atoms with Crippen LogP contribution in [0.3, 0.4) is 0 Å². The summed E-state index contributed by atoms with van der Waals surface area (Å²) >= 11 is 1.84. The van der Waals surface area contributed by atoms with E-state index in [2.05, 4.69) is 239 Å². The summed E-state index contributed by atoms with van der Waals surface area (Å²) in [5.41, 5.74) is 26.6. The Bertz CT molecular complexity index is 4410. The molecule has 3 nitrogen and oxygen atoms in total. The molecule has 0 saturated heterocycles. The van der Waals surface area contributed by atoms with E-state index >= 15 is 0 Å². The first-order chi connectivity index (χ1) is 47.3. The third kappa shape index (κ3) is 11.1. The number of fused-ring (bicyclic) bond motifs is 8. The van der Waals surface area contributed by atoms with Crippen molar-refractivity contribution in [3.8, 4) is 93.4 Å². The van der Waals surface area contributed by atoms with E-state index in [0.29, 0.717) is 24.2 Å². The monoisotopic (exact) mass is 1310 g/mol. The zero-order valence-corrected chi connectivity index (χ0v) is 61.2. The van der Waals surface area contributed by atoms with Gasteiger partial charge in [0.15, 0.2) is 0 Å². The van der Waals surface area contributed by atoms with Crippen molar-refractivity contribution in [3.63, 3.8) is 0 Å². The zero-order valence-electron chi connectivity index (χ0n) is 60.4. The van der Waals surface area contributed by atoms with Crippen LogP contribution in [0.4, 0.5) is 0 Å². The fourth-order valence-electron chi connectivity index (χ4n) is 21.9. The number of carbonyl (C=O) groups excluding carboxylic acids is 1. The fourth-order valence-corrected chi connectivity index (χ4v) is 22.9. The van der Waals surface area contributed by atoms with Gasteiger partial charge in [-0.05, 0) is 252 Å². The Labute approximate surface area is 591 Å². The van der Waals surface area contributed by atoms with Crippen molar-refractivity contribution in [2.45, 2.75) is 208 Å². The molecule has 504 valence electrons. The minimum Gasteiger partial charge on any atom is -0.455 e. The zero-order chi connectivity index (χ0) is 67.9. The molecule has 0 N–H and O–H groups in total. The van der Waals surface area contributed by atoms with Crippen LogP contribution in [0.2, 0.25) is 0 Å². The van der Waals surface area contributed by atoms with Crippen LogP contribution in [0.1, 0.15) is 212 Å². The molecule has 3 atom stereocenters. The molecule has 15 rings (SSSR count). The van der Waals surface area contributed by atoms with Crippen molar-refractivity contribution in [2.75, 3.05) is 0 Å². The first-order valence-electron chi connectivity index (χ1n) is 37.9. The molecule has 2 spiro atoms. The van der Waals surface area contributed by atoms with E-state index in [1.807, 2.05) is 30.4 Å². The number of esters is 1. The molecule has 0 aliphatic heterocycles. The lowest BCUT2D eigenvalue weighted by Gasteiger charge is -2.69. The van der Waals surface area contributed by atoms with Gasteiger partial charge >= 0.3 is 5.97 Å². The summed E-state index contributed by atoms with van der Waals surface area (Å²) in [6.45, 7) is 28.5. The summed E-state index contributed by atoms with van der Waals surface area (Å²) in [5.74, 6) is 2.84. The lowest BCUT2D eigenvalue weighted by Crippen LogP contribution is -2.63. The van der Waals surface area contributed by atoms with Gasteiger partial charge in [-0.15, -0.1) is 11.3 Å². The van der Waals surface area contributed by atoms with Gasteiger partial charge in [0, 0.05) is 32.6 Å². The Hall–Kier alpha value is -7.53. The van der Waals surface area contributed by atoms with Gasteiger partial charge < -0.3 is 9.47 Å². The summed E-state index contributed by atoms with van der Waals surface area (Å²) in [5, 5.41) is 0. The molecular weight excluding hydrogens is 1210 g/mol. The van der Waals surface area contributed by atoms with Crippen LogP contribution in [0.15, 0.2) is 194 Å².